The van der Waals surface area contributed by atoms with Crippen molar-refractivity contribution in [3.8, 4) is 0 Å². The Labute approximate surface area is 146 Å². The average Bonchev–Trinajstić information content (AvgIpc) is 3.26. The van der Waals surface area contributed by atoms with Gasteiger partial charge in [0.05, 0.1) is 0 Å². The summed E-state index contributed by atoms with van der Waals surface area (Å²) in [6.07, 6.45) is 6.96. The number of aromatic amines is 1. The molecule has 0 aliphatic rings. The first-order valence-electron chi connectivity index (χ1n) is 7.46. The number of anilines is 1. The Morgan fingerprint density at radius 3 is 2.42 bits per heavy atom. The molecule has 0 bridgehead atoms. The molecule has 0 saturated carbocycles. The van der Waals surface area contributed by atoms with E-state index in [-0.39, 0.29) is 11.8 Å². The van der Waals surface area contributed by atoms with Crippen molar-refractivity contribution in [2.75, 3.05) is 10.8 Å². The molecule has 0 aliphatic carbocycles. The van der Waals surface area contributed by atoms with Gasteiger partial charge < -0.3 is 0 Å². The van der Waals surface area contributed by atoms with Crippen LogP contribution < -0.4 is 4.90 Å². The van der Waals surface area contributed by atoms with E-state index in [1.165, 1.54) is 0 Å². The maximum absolute atomic E-state index is 12.0. The summed E-state index contributed by atoms with van der Waals surface area (Å²) in [5.41, 5.74) is 3.07. The van der Waals surface area contributed by atoms with Gasteiger partial charge in [0.25, 0.3) is 0 Å². The number of hydrogen-bond donors (Lipinski definition) is 1. The number of nitrogens with one attached hydrogen (secondary N) is 1. The van der Waals surface area contributed by atoms with Gasteiger partial charge in [0.15, 0.2) is 0 Å². The summed E-state index contributed by atoms with van der Waals surface area (Å²) >= 11 is 5.70. The fraction of sp³-hybridized carbons (Fsp3) is 0.235. The zero-order valence-electron chi connectivity index (χ0n) is 13.7. The largest absolute Gasteiger partial charge is 0.291 e. The molecule has 0 atom stereocenters. The van der Waals surface area contributed by atoms with Crippen molar-refractivity contribution in [2.45, 2.75) is 20.5 Å². The number of nitrogens with zero attached hydrogens (tertiary/aromatic N) is 4. The molecule has 0 spiro atoms. The highest BCUT2D eigenvalue weighted by atomic mass is 35.5. The van der Waals surface area contributed by atoms with Crippen LogP contribution in [-0.2, 0) is 11.5 Å². The standard InChI is InChI=1S/C14H16ClN3O.C3H4N2/c1-11-6-12(2)8-13(7-11)18(14(19)9-15)10-17-5-3-4-16-17;1-2-4-5-3-1/h3-8H,9-10H2,1-2H3;1-3H,(H,4,5). The van der Waals surface area contributed by atoms with Gasteiger partial charge in [-0.25, -0.2) is 0 Å². The number of benzene rings is 1. The third kappa shape index (κ3) is 5.24. The second-order valence-electron chi connectivity index (χ2n) is 5.25. The molecule has 3 rings (SSSR count). The van der Waals surface area contributed by atoms with Gasteiger partial charge in [-0.2, -0.15) is 10.2 Å². The molecule has 2 aromatic heterocycles. The molecular weight excluding hydrogens is 326 g/mol. The number of aryl methyl sites for hydroxylation is 2. The van der Waals surface area contributed by atoms with Crippen LogP contribution in [0, 0.1) is 13.8 Å². The molecule has 1 aromatic carbocycles. The minimum atomic E-state index is -0.137. The summed E-state index contributed by atoms with van der Waals surface area (Å²) in [5.74, 6) is -0.184. The highest BCUT2D eigenvalue weighted by molar-refractivity contribution is 6.29. The third-order valence-corrected chi connectivity index (χ3v) is 3.41. The summed E-state index contributed by atoms with van der Waals surface area (Å²) in [5, 5.41) is 10.3. The molecule has 2 heterocycles. The number of amides is 1. The highest BCUT2D eigenvalue weighted by Gasteiger charge is 2.16. The van der Waals surface area contributed by atoms with Crippen molar-refractivity contribution in [1.29, 1.82) is 0 Å². The Hall–Kier alpha value is -2.60. The van der Waals surface area contributed by atoms with Crippen LogP contribution in [0.2, 0.25) is 0 Å². The Morgan fingerprint density at radius 1 is 1.21 bits per heavy atom. The Balaban J connectivity index is 0.000000355. The third-order valence-electron chi connectivity index (χ3n) is 3.18. The predicted octanol–water partition coefficient (Wildman–Crippen LogP) is 3.14. The van der Waals surface area contributed by atoms with E-state index in [0.29, 0.717) is 6.67 Å². The maximum atomic E-state index is 12.0. The van der Waals surface area contributed by atoms with Crippen molar-refractivity contribution in [1.82, 2.24) is 20.0 Å². The van der Waals surface area contributed by atoms with E-state index in [1.54, 1.807) is 28.2 Å². The first-order chi connectivity index (χ1) is 11.6. The first kappa shape index (κ1) is 17.7. The molecular formula is C17H20ClN5O. The highest BCUT2D eigenvalue weighted by Crippen LogP contribution is 2.20. The topological polar surface area (TPSA) is 66.8 Å². The number of H-pyrrole nitrogens is 1. The van der Waals surface area contributed by atoms with Crippen LogP contribution in [0.3, 0.4) is 0 Å². The van der Waals surface area contributed by atoms with Gasteiger partial charge in [0.1, 0.15) is 12.5 Å². The molecule has 3 aromatic rings. The first-order valence-corrected chi connectivity index (χ1v) is 7.99. The summed E-state index contributed by atoms with van der Waals surface area (Å²) in [6.45, 7) is 4.38. The molecule has 0 unspecified atom stereocenters. The zero-order chi connectivity index (χ0) is 17.4. The van der Waals surface area contributed by atoms with E-state index in [1.807, 2.05) is 44.3 Å². The normalized spacial score (nSPS) is 9.96. The van der Waals surface area contributed by atoms with Gasteiger partial charge in [-0.3, -0.25) is 19.5 Å². The van der Waals surface area contributed by atoms with Crippen molar-refractivity contribution < 1.29 is 4.79 Å². The van der Waals surface area contributed by atoms with Gasteiger partial charge in [0.2, 0.25) is 5.91 Å². The minimum Gasteiger partial charge on any atom is -0.291 e. The van der Waals surface area contributed by atoms with Crippen LogP contribution in [0.15, 0.2) is 55.1 Å². The van der Waals surface area contributed by atoms with E-state index in [2.05, 4.69) is 21.4 Å². The predicted molar refractivity (Wildman–Crippen MR) is 94.9 cm³/mol. The van der Waals surface area contributed by atoms with Gasteiger partial charge in [-0.15, -0.1) is 11.6 Å². The lowest BCUT2D eigenvalue weighted by molar-refractivity contribution is -0.116. The van der Waals surface area contributed by atoms with E-state index in [4.69, 9.17) is 11.6 Å². The van der Waals surface area contributed by atoms with E-state index in [9.17, 15) is 4.79 Å². The number of aromatic nitrogens is 4. The Bertz CT molecular complexity index is 703. The van der Waals surface area contributed by atoms with Crippen molar-refractivity contribution in [3.63, 3.8) is 0 Å². The summed E-state index contributed by atoms with van der Waals surface area (Å²) in [4.78, 5) is 13.7. The van der Waals surface area contributed by atoms with Gasteiger partial charge in [-0.05, 0) is 49.2 Å². The molecule has 0 radical (unpaired) electrons. The number of rotatable bonds is 4. The molecule has 0 fully saturated rings. The molecule has 6 nitrogen and oxygen atoms in total. The molecule has 7 heteroatoms. The van der Waals surface area contributed by atoms with E-state index >= 15 is 0 Å². The molecule has 24 heavy (non-hydrogen) atoms. The molecule has 1 amide bonds. The number of carbonyl (C=O) groups is 1. The van der Waals surface area contributed by atoms with Crippen molar-refractivity contribution in [3.05, 3.63) is 66.2 Å². The van der Waals surface area contributed by atoms with Gasteiger partial charge in [0, 0.05) is 30.5 Å². The molecule has 0 aliphatic heterocycles. The van der Waals surface area contributed by atoms with Crippen LogP contribution >= 0.6 is 11.6 Å². The lowest BCUT2D eigenvalue weighted by Gasteiger charge is -2.22. The van der Waals surface area contributed by atoms with Gasteiger partial charge in [-0.1, -0.05) is 6.07 Å². The molecule has 126 valence electrons. The smallest absolute Gasteiger partial charge is 0.243 e. The van der Waals surface area contributed by atoms with E-state index < -0.39 is 0 Å². The second-order valence-corrected chi connectivity index (χ2v) is 5.52. The number of carbonyl (C=O) groups excluding carboxylic acids is 1. The van der Waals surface area contributed by atoms with Crippen LogP contribution in [0.5, 0.6) is 0 Å². The number of halogens is 1. The SMILES string of the molecule is Cc1cc(C)cc(N(Cn2cccn2)C(=O)CCl)c1.c1cn[nH]c1. The minimum absolute atomic E-state index is 0.0474. The maximum Gasteiger partial charge on any atom is 0.243 e. The van der Waals surface area contributed by atoms with Crippen molar-refractivity contribution >= 4 is 23.2 Å². The summed E-state index contributed by atoms with van der Waals surface area (Å²) in [7, 11) is 0. The van der Waals surface area contributed by atoms with Gasteiger partial charge >= 0.3 is 0 Å². The lowest BCUT2D eigenvalue weighted by Crippen LogP contribution is -2.34. The van der Waals surface area contributed by atoms with Crippen LogP contribution in [0.25, 0.3) is 0 Å². The fourth-order valence-corrected chi connectivity index (χ4v) is 2.37. The fourth-order valence-electron chi connectivity index (χ4n) is 2.23. The Morgan fingerprint density at radius 2 is 1.96 bits per heavy atom. The van der Waals surface area contributed by atoms with Crippen molar-refractivity contribution in [2.24, 2.45) is 0 Å². The number of hydrogen-bond acceptors (Lipinski definition) is 3. The quantitative estimate of drug-likeness (QED) is 0.739. The van der Waals surface area contributed by atoms with Crippen LogP contribution in [0.1, 0.15) is 11.1 Å². The van der Waals surface area contributed by atoms with Crippen LogP contribution in [0.4, 0.5) is 5.69 Å². The second kappa shape index (κ2) is 8.88. The summed E-state index contributed by atoms with van der Waals surface area (Å²) < 4.78 is 1.70. The van der Waals surface area contributed by atoms with E-state index in [0.717, 1.165) is 16.8 Å². The summed E-state index contributed by atoms with van der Waals surface area (Å²) in [6, 6.07) is 9.67. The lowest BCUT2D eigenvalue weighted by atomic mass is 10.1. The molecule has 0 saturated heterocycles. The number of alkyl halides is 1. The zero-order valence-corrected chi connectivity index (χ0v) is 14.4. The molecule has 1 N–H and O–H groups in total. The monoisotopic (exact) mass is 345 g/mol. The Kier molecular flexibility index (Phi) is 6.57. The van der Waals surface area contributed by atoms with Crippen LogP contribution in [-0.4, -0.2) is 31.8 Å². The average molecular weight is 346 g/mol.